The summed E-state index contributed by atoms with van der Waals surface area (Å²) in [6.07, 6.45) is 6.90. The van der Waals surface area contributed by atoms with Crippen LogP contribution in [0.5, 0.6) is 0 Å². The van der Waals surface area contributed by atoms with Crippen LogP contribution in [0.3, 0.4) is 0 Å². The second kappa shape index (κ2) is 8.44. The van der Waals surface area contributed by atoms with Crippen LogP contribution >= 0.6 is 0 Å². The number of anilines is 1. The molecule has 24 heavy (non-hydrogen) atoms. The molecule has 0 saturated carbocycles. The van der Waals surface area contributed by atoms with E-state index in [4.69, 9.17) is 0 Å². The van der Waals surface area contributed by atoms with E-state index in [1.165, 1.54) is 39.1 Å². The van der Waals surface area contributed by atoms with Crippen LogP contribution in [-0.2, 0) is 0 Å². The second-order valence-corrected chi connectivity index (χ2v) is 7.03. The molecule has 2 aliphatic heterocycles. The first-order valence-electron chi connectivity index (χ1n) is 9.07. The van der Waals surface area contributed by atoms with Crippen LogP contribution in [0.25, 0.3) is 0 Å². The number of likely N-dealkylation sites (N-methyl/N-ethyl adjacent to an activating group) is 1. The number of carbonyl (C=O) groups is 1. The van der Waals surface area contributed by atoms with Gasteiger partial charge in [0.25, 0.3) is 0 Å². The minimum Gasteiger partial charge on any atom is -0.325 e. The number of pyridine rings is 1. The molecule has 132 valence electrons. The van der Waals surface area contributed by atoms with E-state index in [2.05, 4.69) is 27.1 Å². The van der Waals surface area contributed by atoms with Gasteiger partial charge in [-0.05, 0) is 50.9 Å². The Kier molecular flexibility index (Phi) is 6.04. The number of nitrogens with zero attached hydrogens (tertiary/aromatic N) is 4. The molecule has 2 saturated heterocycles. The summed E-state index contributed by atoms with van der Waals surface area (Å²) in [6.45, 7) is 7.71. The summed E-state index contributed by atoms with van der Waals surface area (Å²) in [6, 6.07) is 3.65. The third kappa shape index (κ3) is 4.92. The zero-order chi connectivity index (χ0) is 16.8. The number of aromatic nitrogens is 1. The highest BCUT2D eigenvalue weighted by molar-refractivity contribution is 5.89. The first-order valence-corrected chi connectivity index (χ1v) is 9.07. The molecule has 2 aliphatic rings. The Balaban J connectivity index is 1.35. The third-order valence-corrected chi connectivity index (χ3v) is 5.28. The molecule has 0 unspecified atom stereocenters. The molecule has 3 rings (SSSR count). The van der Waals surface area contributed by atoms with Gasteiger partial charge in [-0.1, -0.05) is 0 Å². The van der Waals surface area contributed by atoms with Crippen LogP contribution in [-0.4, -0.2) is 78.6 Å². The summed E-state index contributed by atoms with van der Waals surface area (Å²) in [5.74, 6) is 0.759. The van der Waals surface area contributed by atoms with Gasteiger partial charge < -0.3 is 20.0 Å². The van der Waals surface area contributed by atoms with Crippen LogP contribution in [0, 0.1) is 5.92 Å². The number of nitrogens with one attached hydrogen (secondary N) is 1. The Morgan fingerprint density at radius 1 is 1.12 bits per heavy atom. The smallest absolute Gasteiger partial charge is 0.321 e. The maximum absolute atomic E-state index is 12.3. The van der Waals surface area contributed by atoms with Crippen molar-refractivity contribution in [3.63, 3.8) is 0 Å². The number of piperidine rings is 1. The topological polar surface area (TPSA) is 51.7 Å². The summed E-state index contributed by atoms with van der Waals surface area (Å²) in [4.78, 5) is 23.2. The molecule has 2 fully saturated rings. The quantitative estimate of drug-likeness (QED) is 0.916. The van der Waals surface area contributed by atoms with Crippen LogP contribution in [0.4, 0.5) is 10.5 Å². The predicted octanol–water partition coefficient (Wildman–Crippen LogP) is 1.96. The number of amides is 2. The lowest BCUT2D eigenvalue weighted by molar-refractivity contribution is 0.134. The van der Waals surface area contributed by atoms with Crippen molar-refractivity contribution in [3.05, 3.63) is 24.5 Å². The molecule has 0 aliphatic carbocycles. The Hall–Kier alpha value is -1.66. The lowest BCUT2D eigenvalue weighted by Crippen LogP contribution is -2.45. The fourth-order valence-corrected chi connectivity index (χ4v) is 3.50. The van der Waals surface area contributed by atoms with E-state index in [0.29, 0.717) is 0 Å². The maximum Gasteiger partial charge on any atom is 0.321 e. The molecule has 0 aromatic carbocycles. The zero-order valence-corrected chi connectivity index (χ0v) is 14.7. The van der Waals surface area contributed by atoms with Gasteiger partial charge in [0.2, 0.25) is 0 Å². The van der Waals surface area contributed by atoms with Gasteiger partial charge in [-0.25, -0.2) is 4.79 Å². The molecule has 1 aromatic heterocycles. The van der Waals surface area contributed by atoms with Gasteiger partial charge >= 0.3 is 6.03 Å². The monoisotopic (exact) mass is 331 g/mol. The molecule has 0 bridgehead atoms. The molecule has 2 amide bonds. The van der Waals surface area contributed by atoms with Crippen molar-refractivity contribution >= 4 is 11.7 Å². The van der Waals surface area contributed by atoms with E-state index in [1.54, 1.807) is 12.4 Å². The molecule has 6 heteroatoms. The maximum atomic E-state index is 12.3. The minimum atomic E-state index is 0.0127. The Morgan fingerprint density at radius 2 is 1.79 bits per heavy atom. The summed E-state index contributed by atoms with van der Waals surface area (Å²) in [5, 5.41) is 2.95. The van der Waals surface area contributed by atoms with E-state index >= 15 is 0 Å². The number of likely N-dealkylation sites (tertiary alicyclic amines) is 1. The van der Waals surface area contributed by atoms with Crippen molar-refractivity contribution in [3.8, 4) is 0 Å². The first kappa shape index (κ1) is 17.2. The van der Waals surface area contributed by atoms with E-state index in [0.717, 1.165) is 37.5 Å². The van der Waals surface area contributed by atoms with Gasteiger partial charge in [0.1, 0.15) is 0 Å². The van der Waals surface area contributed by atoms with Gasteiger partial charge in [0, 0.05) is 57.3 Å². The summed E-state index contributed by atoms with van der Waals surface area (Å²) in [7, 11) is 2.20. The van der Waals surface area contributed by atoms with E-state index in [9.17, 15) is 4.79 Å². The van der Waals surface area contributed by atoms with Crippen molar-refractivity contribution in [2.24, 2.45) is 5.92 Å². The number of rotatable bonds is 4. The van der Waals surface area contributed by atoms with Crippen molar-refractivity contribution in [1.29, 1.82) is 0 Å². The van der Waals surface area contributed by atoms with E-state index in [1.807, 2.05) is 17.0 Å². The van der Waals surface area contributed by atoms with Crippen LogP contribution in [0.1, 0.15) is 19.3 Å². The number of carbonyl (C=O) groups excluding carboxylic acids is 1. The Bertz CT molecular complexity index is 507. The molecular weight excluding hydrogens is 302 g/mol. The molecule has 6 nitrogen and oxygen atoms in total. The molecule has 1 N–H and O–H groups in total. The molecule has 1 aromatic rings. The van der Waals surface area contributed by atoms with Gasteiger partial charge in [-0.15, -0.1) is 0 Å². The number of urea groups is 1. The molecule has 0 spiro atoms. The zero-order valence-electron chi connectivity index (χ0n) is 14.7. The van der Waals surface area contributed by atoms with Crippen molar-refractivity contribution in [1.82, 2.24) is 19.7 Å². The minimum absolute atomic E-state index is 0.0127. The third-order valence-electron chi connectivity index (χ3n) is 5.28. The van der Waals surface area contributed by atoms with E-state index < -0.39 is 0 Å². The Morgan fingerprint density at radius 3 is 2.46 bits per heavy atom. The highest BCUT2D eigenvalue weighted by atomic mass is 16.2. The van der Waals surface area contributed by atoms with Gasteiger partial charge in [-0.2, -0.15) is 0 Å². The van der Waals surface area contributed by atoms with Crippen molar-refractivity contribution in [2.75, 3.05) is 58.2 Å². The molecular formula is C18H29N5O. The van der Waals surface area contributed by atoms with Crippen LogP contribution in [0.15, 0.2) is 24.5 Å². The normalized spacial score (nSPS) is 21.0. The number of piperazine rings is 1. The fourth-order valence-electron chi connectivity index (χ4n) is 3.50. The number of hydrogen-bond acceptors (Lipinski definition) is 4. The SMILES string of the molecule is CN1CCN(CCC2CCN(C(=O)Nc3ccncc3)CC2)CC1. The largest absolute Gasteiger partial charge is 0.325 e. The number of hydrogen-bond donors (Lipinski definition) is 1. The van der Waals surface area contributed by atoms with Crippen LogP contribution < -0.4 is 5.32 Å². The molecule has 3 heterocycles. The standard InChI is InChI=1S/C18H29N5O/c1-21-12-14-22(15-13-21)9-4-16-5-10-23(11-6-16)18(24)20-17-2-7-19-8-3-17/h2-3,7-8,16H,4-6,9-15H2,1H3,(H,19,20,24). The fraction of sp³-hybridized carbons (Fsp3) is 0.667. The van der Waals surface area contributed by atoms with Crippen molar-refractivity contribution in [2.45, 2.75) is 19.3 Å². The second-order valence-electron chi connectivity index (χ2n) is 7.03. The lowest BCUT2D eigenvalue weighted by atomic mass is 9.93. The highest BCUT2D eigenvalue weighted by Gasteiger charge is 2.23. The Labute approximate surface area is 144 Å². The average Bonchev–Trinajstić information content (AvgIpc) is 2.62. The summed E-state index contributed by atoms with van der Waals surface area (Å²) < 4.78 is 0. The molecule has 0 radical (unpaired) electrons. The predicted molar refractivity (Wildman–Crippen MR) is 96.1 cm³/mol. The van der Waals surface area contributed by atoms with Gasteiger partial charge in [0.15, 0.2) is 0 Å². The van der Waals surface area contributed by atoms with Gasteiger partial charge in [0.05, 0.1) is 0 Å². The molecule has 0 atom stereocenters. The average molecular weight is 331 g/mol. The van der Waals surface area contributed by atoms with Crippen molar-refractivity contribution < 1.29 is 4.79 Å². The first-order chi connectivity index (χ1) is 11.7. The summed E-state index contributed by atoms with van der Waals surface area (Å²) in [5.41, 5.74) is 0.812. The van der Waals surface area contributed by atoms with Gasteiger partial charge in [-0.3, -0.25) is 4.98 Å². The summed E-state index contributed by atoms with van der Waals surface area (Å²) >= 11 is 0. The highest BCUT2D eigenvalue weighted by Crippen LogP contribution is 2.21. The van der Waals surface area contributed by atoms with Crippen LogP contribution in [0.2, 0.25) is 0 Å². The van der Waals surface area contributed by atoms with E-state index in [-0.39, 0.29) is 6.03 Å². The lowest BCUT2D eigenvalue weighted by Gasteiger charge is -2.35.